The Morgan fingerprint density at radius 3 is 2.80 bits per heavy atom. The number of hydrogen-bond acceptors (Lipinski definition) is 3. The summed E-state index contributed by atoms with van der Waals surface area (Å²) < 4.78 is 5.17. The zero-order valence-corrected chi connectivity index (χ0v) is 11.1. The van der Waals surface area contributed by atoms with Gasteiger partial charge < -0.3 is 25.1 Å². The molecule has 0 bridgehead atoms. The van der Waals surface area contributed by atoms with Gasteiger partial charge in [-0.1, -0.05) is 0 Å². The van der Waals surface area contributed by atoms with Gasteiger partial charge in [-0.15, -0.1) is 0 Å². The predicted molar refractivity (Wildman–Crippen MR) is 71.8 cm³/mol. The minimum atomic E-state index is -1.13. The fraction of sp³-hybridized carbons (Fsp3) is 0.231. The molecule has 0 spiro atoms. The molecular weight excluding hydrogens is 262 g/mol. The van der Waals surface area contributed by atoms with Crippen LogP contribution < -0.4 is 10.6 Å². The molecular formula is C13H15N3O4. The molecule has 0 saturated heterocycles. The molecule has 0 aliphatic carbocycles. The van der Waals surface area contributed by atoms with E-state index in [1.54, 1.807) is 32.0 Å². The highest BCUT2D eigenvalue weighted by Gasteiger charge is 2.17. The minimum Gasteiger partial charge on any atom is -0.477 e. The van der Waals surface area contributed by atoms with Gasteiger partial charge in [-0.05, 0) is 32.0 Å². The van der Waals surface area contributed by atoms with Crippen LogP contribution in [0.3, 0.4) is 0 Å². The summed E-state index contributed by atoms with van der Waals surface area (Å²) in [5.41, 5.74) is 0.819. The largest absolute Gasteiger partial charge is 0.477 e. The van der Waals surface area contributed by atoms with Crippen LogP contribution in [-0.4, -0.2) is 22.1 Å². The van der Waals surface area contributed by atoms with E-state index in [9.17, 15) is 9.59 Å². The summed E-state index contributed by atoms with van der Waals surface area (Å²) >= 11 is 0. The zero-order chi connectivity index (χ0) is 14.7. The number of nitrogens with one attached hydrogen (secondary N) is 3. The second-order valence-electron chi connectivity index (χ2n) is 4.38. The second kappa shape index (κ2) is 5.52. The molecule has 0 radical (unpaired) electrons. The molecule has 1 atom stereocenters. The first-order valence-corrected chi connectivity index (χ1v) is 6.01. The van der Waals surface area contributed by atoms with Crippen molar-refractivity contribution >= 4 is 17.7 Å². The van der Waals surface area contributed by atoms with E-state index in [-0.39, 0.29) is 17.4 Å². The number of carboxylic acids is 1. The molecule has 0 fully saturated rings. The van der Waals surface area contributed by atoms with E-state index < -0.39 is 12.0 Å². The Morgan fingerprint density at radius 1 is 1.45 bits per heavy atom. The van der Waals surface area contributed by atoms with E-state index in [2.05, 4.69) is 15.6 Å². The summed E-state index contributed by atoms with van der Waals surface area (Å²) in [5, 5.41) is 14.2. The van der Waals surface area contributed by atoms with Gasteiger partial charge in [-0.3, -0.25) is 0 Å². The highest BCUT2D eigenvalue weighted by atomic mass is 16.4. The van der Waals surface area contributed by atoms with Crippen LogP contribution in [0, 0.1) is 6.92 Å². The smallest absolute Gasteiger partial charge is 0.354 e. The maximum absolute atomic E-state index is 11.8. The van der Waals surface area contributed by atoms with Gasteiger partial charge >= 0.3 is 12.0 Å². The number of urea groups is 1. The lowest BCUT2D eigenvalue weighted by molar-refractivity contribution is 0.0692. The van der Waals surface area contributed by atoms with Crippen LogP contribution in [0.2, 0.25) is 0 Å². The molecule has 0 aliphatic rings. The molecule has 0 aliphatic heterocycles. The minimum absolute atomic E-state index is 0.0525. The highest BCUT2D eigenvalue weighted by molar-refractivity contribution is 5.99. The van der Waals surface area contributed by atoms with E-state index in [0.717, 1.165) is 0 Å². The number of amides is 2. The number of furan rings is 1. The number of aromatic amines is 1. The number of carbonyl (C=O) groups excluding carboxylic acids is 1. The molecule has 2 aromatic rings. The van der Waals surface area contributed by atoms with Crippen molar-refractivity contribution in [2.45, 2.75) is 19.9 Å². The van der Waals surface area contributed by atoms with Crippen LogP contribution in [0.1, 0.15) is 34.9 Å². The van der Waals surface area contributed by atoms with E-state index in [0.29, 0.717) is 11.5 Å². The van der Waals surface area contributed by atoms with Gasteiger partial charge in [-0.2, -0.15) is 0 Å². The van der Waals surface area contributed by atoms with Gasteiger partial charge in [0.05, 0.1) is 18.0 Å². The normalized spacial score (nSPS) is 11.9. The number of hydrogen-bond donors (Lipinski definition) is 4. The maximum Gasteiger partial charge on any atom is 0.354 e. The van der Waals surface area contributed by atoms with Crippen molar-refractivity contribution in [3.8, 4) is 0 Å². The number of carboxylic acid groups (broad SMARTS) is 1. The molecule has 0 saturated carbocycles. The summed E-state index contributed by atoms with van der Waals surface area (Å²) in [7, 11) is 0. The fourth-order valence-corrected chi connectivity index (χ4v) is 1.82. The number of aryl methyl sites for hydroxylation is 1. The first-order chi connectivity index (χ1) is 9.47. The molecule has 4 N–H and O–H groups in total. The molecule has 20 heavy (non-hydrogen) atoms. The molecule has 2 rings (SSSR count). The lowest BCUT2D eigenvalue weighted by Gasteiger charge is -2.12. The van der Waals surface area contributed by atoms with Crippen LogP contribution in [0.15, 0.2) is 28.9 Å². The summed E-state index contributed by atoms with van der Waals surface area (Å²) in [5.74, 6) is -0.517. The Hall–Kier alpha value is -2.70. The number of anilines is 1. The van der Waals surface area contributed by atoms with Crippen LogP contribution in [0.25, 0.3) is 0 Å². The van der Waals surface area contributed by atoms with Gasteiger partial charge in [0.15, 0.2) is 0 Å². The monoisotopic (exact) mass is 277 g/mol. The lowest BCUT2D eigenvalue weighted by atomic mass is 10.2. The lowest BCUT2D eigenvalue weighted by Crippen LogP contribution is -2.31. The summed E-state index contributed by atoms with van der Waals surface area (Å²) in [4.78, 5) is 25.5. The Balaban J connectivity index is 2.03. The maximum atomic E-state index is 11.8. The molecule has 7 heteroatoms. The zero-order valence-electron chi connectivity index (χ0n) is 11.1. The van der Waals surface area contributed by atoms with Crippen molar-refractivity contribution in [3.05, 3.63) is 41.6 Å². The average Bonchev–Trinajstić information content (AvgIpc) is 2.98. The van der Waals surface area contributed by atoms with Crippen molar-refractivity contribution in [3.63, 3.8) is 0 Å². The molecule has 1 unspecified atom stereocenters. The number of aromatic carboxylic acids is 1. The van der Waals surface area contributed by atoms with Crippen molar-refractivity contribution in [1.82, 2.24) is 10.3 Å². The highest BCUT2D eigenvalue weighted by Crippen LogP contribution is 2.17. The van der Waals surface area contributed by atoms with Gasteiger partial charge in [0.25, 0.3) is 0 Å². The summed E-state index contributed by atoms with van der Waals surface area (Å²) in [6, 6.07) is 4.20. The number of carbonyl (C=O) groups is 2. The van der Waals surface area contributed by atoms with Gasteiger partial charge in [-0.25, -0.2) is 9.59 Å². The van der Waals surface area contributed by atoms with Crippen LogP contribution in [-0.2, 0) is 0 Å². The van der Waals surface area contributed by atoms with Crippen LogP contribution in [0.4, 0.5) is 10.5 Å². The van der Waals surface area contributed by atoms with E-state index in [1.807, 2.05) is 0 Å². The second-order valence-corrected chi connectivity index (χ2v) is 4.38. The quantitative estimate of drug-likeness (QED) is 0.688. The molecule has 2 amide bonds. The molecule has 106 valence electrons. The number of rotatable bonds is 4. The number of H-pyrrole nitrogens is 1. The van der Waals surface area contributed by atoms with E-state index in [1.165, 1.54) is 6.26 Å². The van der Waals surface area contributed by atoms with Crippen molar-refractivity contribution in [1.29, 1.82) is 0 Å². The van der Waals surface area contributed by atoms with E-state index in [4.69, 9.17) is 9.52 Å². The first-order valence-electron chi connectivity index (χ1n) is 6.01. The predicted octanol–water partition coefficient (Wildman–Crippen LogP) is 2.50. The third kappa shape index (κ3) is 3.00. The summed E-state index contributed by atoms with van der Waals surface area (Å²) in [6.45, 7) is 3.47. The standard InChI is InChI=1S/C13H15N3O4/c1-7-6-9(11(14-7)12(17)18)16-13(19)15-8(2)10-4-3-5-20-10/h3-6,8,14H,1-2H3,(H,17,18)(H2,15,16,19). The van der Waals surface area contributed by atoms with Crippen molar-refractivity contribution in [2.24, 2.45) is 0 Å². The molecule has 2 heterocycles. The Morgan fingerprint density at radius 2 is 2.20 bits per heavy atom. The van der Waals surface area contributed by atoms with Gasteiger partial charge in [0.2, 0.25) is 0 Å². The first kappa shape index (κ1) is 13.7. The van der Waals surface area contributed by atoms with Gasteiger partial charge in [0, 0.05) is 5.69 Å². The van der Waals surface area contributed by atoms with Gasteiger partial charge in [0.1, 0.15) is 11.5 Å². The molecule has 7 nitrogen and oxygen atoms in total. The average molecular weight is 277 g/mol. The summed E-state index contributed by atoms with van der Waals surface area (Å²) in [6.07, 6.45) is 1.52. The fourth-order valence-electron chi connectivity index (χ4n) is 1.82. The van der Waals surface area contributed by atoms with Crippen LogP contribution in [0.5, 0.6) is 0 Å². The SMILES string of the molecule is Cc1cc(NC(=O)NC(C)c2ccco2)c(C(=O)O)[nH]1. The van der Waals surface area contributed by atoms with Crippen LogP contribution >= 0.6 is 0 Å². The van der Waals surface area contributed by atoms with E-state index >= 15 is 0 Å². The number of aromatic nitrogens is 1. The molecule has 0 aromatic carbocycles. The molecule has 2 aromatic heterocycles. The third-order valence-electron chi connectivity index (χ3n) is 2.73. The van der Waals surface area contributed by atoms with Crippen molar-refractivity contribution in [2.75, 3.05) is 5.32 Å². The topological polar surface area (TPSA) is 107 Å². The Kier molecular flexibility index (Phi) is 3.79. The third-order valence-corrected chi connectivity index (χ3v) is 2.73. The Labute approximate surface area is 115 Å². The van der Waals surface area contributed by atoms with Crippen molar-refractivity contribution < 1.29 is 19.1 Å². The Bertz CT molecular complexity index is 616.